The summed E-state index contributed by atoms with van der Waals surface area (Å²) in [5.41, 5.74) is 6.06. The van der Waals surface area contributed by atoms with E-state index in [1.807, 2.05) is 0 Å². The van der Waals surface area contributed by atoms with Crippen molar-refractivity contribution in [1.82, 2.24) is 0 Å². The second-order valence-electron chi connectivity index (χ2n) is 4.36. The Bertz CT molecular complexity index is 395. The zero-order chi connectivity index (χ0) is 15.3. The van der Waals surface area contributed by atoms with Crippen LogP contribution in [-0.4, -0.2) is 52.6 Å². The molecular formula is C15H24N2O4. The van der Waals surface area contributed by atoms with Gasteiger partial charge >= 0.3 is 0 Å². The number of nitrogen functional groups attached to an aromatic ring is 1. The number of benzene rings is 1. The van der Waals surface area contributed by atoms with Crippen LogP contribution in [0.4, 0.5) is 0 Å². The highest BCUT2D eigenvalue weighted by Gasteiger charge is 1.98. The van der Waals surface area contributed by atoms with E-state index in [1.165, 1.54) is 0 Å². The van der Waals surface area contributed by atoms with E-state index < -0.39 is 0 Å². The standard InChI is InChI=1S/C15H24N2O4/c1-18-9-10-19-7-2-8-20-11-12-21-14-5-3-13(4-6-14)15(16)17/h3-6H,2,7-12H2,1H3,(H3,16,17). The first-order valence-corrected chi connectivity index (χ1v) is 6.95. The van der Waals surface area contributed by atoms with Crippen LogP contribution in [-0.2, 0) is 14.2 Å². The first-order valence-electron chi connectivity index (χ1n) is 6.95. The fourth-order valence-electron chi connectivity index (χ4n) is 1.56. The first-order chi connectivity index (χ1) is 10.2. The van der Waals surface area contributed by atoms with Gasteiger partial charge in [-0.15, -0.1) is 0 Å². The molecule has 0 saturated carbocycles. The molecule has 0 bridgehead atoms. The third kappa shape index (κ3) is 8.29. The lowest BCUT2D eigenvalue weighted by Crippen LogP contribution is -2.11. The van der Waals surface area contributed by atoms with Crippen molar-refractivity contribution in [2.75, 3.05) is 46.8 Å². The maximum atomic E-state index is 7.29. The molecule has 6 heteroatoms. The number of methoxy groups -OCH3 is 1. The highest BCUT2D eigenvalue weighted by molar-refractivity contribution is 5.94. The van der Waals surface area contributed by atoms with Crippen molar-refractivity contribution >= 4 is 5.84 Å². The van der Waals surface area contributed by atoms with Gasteiger partial charge in [0.05, 0.1) is 19.8 Å². The molecule has 21 heavy (non-hydrogen) atoms. The van der Waals surface area contributed by atoms with Crippen molar-refractivity contribution in [2.24, 2.45) is 5.73 Å². The molecule has 0 atom stereocenters. The maximum Gasteiger partial charge on any atom is 0.122 e. The van der Waals surface area contributed by atoms with E-state index >= 15 is 0 Å². The van der Waals surface area contributed by atoms with Gasteiger partial charge in [-0.05, 0) is 30.7 Å². The second-order valence-corrected chi connectivity index (χ2v) is 4.36. The molecule has 3 N–H and O–H groups in total. The Morgan fingerprint density at radius 3 is 2.14 bits per heavy atom. The summed E-state index contributed by atoms with van der Waals surface area (Å²) in [6.45, 7) is 3.60. The monoisotopic (exact) mass is 296 g/mol. The Balaban J connectivity index is 1.98. The van der Waals surface area contributed by atoms with Crippen molar-refractivity contribution in [1.29, 1.82) is 5.41 Å². The summed E-state index contributed by atoms with van der Waals surface area (Å²) < 4.78 is 21.1. The van der Waals surface area contributed by atoms with Crippen LogP contribution in [0.25, 0.3) is 0 Å². The first kappa shape index (κ1) is 17.4. The quantitative estimate of drug-likeness (QED) is 0.346. The van der Waals surface area contributed by atoms with E-state index in [-0.39, 0.29) is 5.84 Å². The van der Waals surface area contributed by atoms with Crippen LogP contribution in [0.2, 0.25) is 0 Å². The molecule has 0 amide bonds. The number of nitrogens with two attached hydrogens (primary N) is 1. The predicted octanol–water partition coefficient (Wildman–Crippen LogP) is 1.42. The Morgan fingerprint density at radius 2 is 1.57 bits per heavy atom. The minimum atomic E-state index is 0.0533. The van der Waals surface area contributed by atoms with E-state index in [4.69, 9.17) is 30.1 Å². The van der Waals surface area contributed by atoms with Gasteiger partial charge in [0.25, 0.3) is 0 Å². The zero-order valence-corrected chi connectivity index (χ0v) is 12.5. The molecule has 0 aromatic heterocycles. The van der Waals surface area contributed by atoms with E-state index in [0.29, 0.717) is 45.2 Å². The highest BCUT2D eigenvalue weighted by Crippen LogP contribution is 2.11. The summed E-state index contributed by atoms with van der Waals surface area (Å²) in [7, 11) is 1.65. The number of rotatable bonds is 12. The summed E-state index contributed by atoms with van der Waals surface area (Å²) in [6, 6.07) is 7.10. The summed E-state index contributed by atoms with van der Waals surface area (Å²) in [5.74, 6) is 0.795. The van der Waals surface area contributed by atoms with Crippen LogP contribution in [0.3, 0.4) is 0 Å². The van der Waals surface area contributed by atoms with E-state index in [1.54, 1.807) is 31.4 Å². The van der Waals surface area contributed by atoms with Crippen LogP contribution < -0.4 is 10.5 Å². The maximum absolute atomic E-state index is 7.29. The fraction of sp³-hybridized carbons (Fsp3) is 0.533. The normalized spacial score (nSPS) is 10.5. The van der Waals surface area contributed by atoms with Crippen LogP contribution in [0.5, 0.6) is 5.75 Å². The smallest absolute Gasteiger partial charge is 0.122 e. The lowest BCUT2D eigenvalue weighted by atomic mass is 10.2. The molecule has 0 aliphatic rings. The second kappa shape index (κ2) is 11.1. The van der Waals surface area contributed by atoms with Gasteiger partial charge in [-0.3, -0.25) is 5.41 Å². The van der Waals surface area contributed by atoms with Crippen molar-refractivity contribution in [2.45, 2.75) is 6.42 Å². The third-order valence-electron chi connectivity index (χ3n) is 2.67. The predicted molar refractivity (Wildman–Crippen MR) is 81.1 cm³/mol. The molecule has 6 nitrogen and oxygen atoms in total. The molecule has 0 unspecified atom stereocenters. The SMILES string of the molecule is COCCOCCCOCCOc1ccc(C(=N)N)cc1. The van der Waals surface area contributed by atoms with E-state index in [0.717, 1.165) is 12.2 Å². The summed E-state index contributed by atoms with van der Waals surface area (Å²) in [6.07, 6.45) is 0.858. The molecule has 1 aromatic rings. The van der Waals surface area contributed by atoms with Gasteiger partial charge in [0.15, 0.2) is 0 Å². The van der Waals surface area contributed by atoms with Crippen molar-refractivity contribution < 1.29 is 18.9 Å². The van der Waals surface area contributed by atoms with Crippen LogP contribution >= 0.6 is 0 Å². The molecule has 0 saturated heterocycles. The molecule has 1 aromatic carbocycles. The van der Waals surface area contributed by atoms with Crippen molar-refractivity contribution in [3.8, 4) is 5.75 Å². The van der Waals surface area contributed by atoms with Gasteiger partial charge < -0.3 is 24.7 Å². The van der Waals surface area contributed by atoms with Crippen molar-refractivity contribution in [3.63, 3.8) is 0 Å². The fourth-order valence-corrected chi connectivity index (χ4v) is 1.56. The zero-order valence-electron chi connectivity index (χ0n) is 12.5. The molecule has 0 heterocycles. The van der Waals surface area contributed by atoms with Gasteiger partial charge in [0.1, 0.15) is 18.2 Å². The number of hydrogen-bond acceptors (Lipinski definition) is 5. The molecule has 118 valence electrons. The van der Waals surface area contributed by atoms with Gasteiger partial charge in [-0.2, -0.15) is 0 Å². The van der Waals surface area contributed by atoms with Gasteiger partial charge in [0.2, 0.25) is 0 Å². The van der Waals surface area contributed by atoms with Crippen LogP contribution in [0.1, 0.15) is 12.0 Å². The number of amidine groups is 1. The van der Waals surface area contributed by atoms with Crippen molar-refractivity contribution in [3.05, 3.63) is 29.8 Å². The van der Waals surface area contributed by atoms with E-state index in [9.17, 15) is 0 Å². The summed E-state index contributed by atoms with van der Waals surface area (Å²) in [4.78, 5) is 0. The molecule has 1 rings (SSSR count). The largest absolute Gasteiger partial charge is 0.491 e. The Morgan fingerprint density at radius 1 is 0.952 bits per heavy atom. The molecule has 0 spiro atoms. The summed E-state index contributed by atoms with van der Waals surface area (Å²) >= 11 is 0. The number of hydrogen-bond donors (Lipinski definition) is 2. The molecule has 0 radical (unpaired) electrons. The van der Waals surface area contributed by atoms with Crippen LogP contribution in [0, 0.1) is 5.41 Å². The Kier molecular flexibility index (Phi) is 9.19. The van der Waals surface area contributed by atoms with Gasteiger partial charge in [0, 0.05) is 25.9 Å². The average Bonchev–Trinajstić information content (AvgIpc) is 2.49. The minimum Gasteiger partial charge on any atom is -0.491 e. The topological polar surface area (TPSA) is 86.8 Å². The average molecular weight is 296 g/mol. The third-order valence-corrected chi connectivity index (χ3v) is 2.67. The summed E-state index contributed by atoms with van der Waals surface area (Å²) in [5, 5.41) is 7.29. The molecule has 0 aliphatic carbocycles. The van der Waals surface area contributed by atoms with Gasteiger partial charge in [-0.1, -0.05) is 0 Å². The minimum absolute atomic E-state index is 0.0533. The highest BCUT2D eigenvalue weighted by atomic mass is 16.5. The van der Waals surface area contributed by atoms with E-state index in [2.05, 4.69) is 0 Å². The van der Waals surface area contributed by atoms with Crippen LogP contribution in [0.15, 0.2) is 24.3 Å². The lowest BCUT2D eigenvalue weighted by Gasteiger charge is -2.08. The Hall–Kier alpha value is -1.63. The Labute approximate surface area is 125 Å². The lowest BCUT2D eigenvalue weighted by molar-refractivity contribution is 0.0459. The number of nitrogens with one attached hydrogen (secondary N) is 1. The molecular weight excluding hydrogens is 272 g/mol. The van der Waals surface area contributed by atoms with Gasteiger partial charge in [-0.25, -0.2) is 0 Å². The molecule has 0 fully saturated rings. The number of ether oxygens (including phenoxy) is 4. The molecule has 0 aliphatic heterocycles.